The van der Waals surface area contributed by atoms with Gasteiger partial charge in [0.1, 0.15) is 11.2 Å². The fourth-order valence-electron chi connectivity index (χ4n) is 9.59. The number of para-hydroxylation sites is 3. The Balaban J connectivity index is 1.18. The van der Waals surface area contributed by atoms with E-state index >= 15 is 0 Å². The average Bonchev–Trinajstić information content (AvgIpc) is 3.74. The molecule has 0 unspecified atom stereocenters. The van der Waals surface area contributed by atoms with Crippen LogP contribution in [0.25, 0.3) is 76.9 Å². The van der Waals surface area contributed by atoms with Crippen molar-refractivity contribution >= 4 is 77.6 Å². The van der Waals surface area contributed by atoms with Gasteiger partial charge in [0.25, 0.3) is 0 Å². The van der Waals surface area contributed by atoms with E-state index in [0.29, 0.717) is 0 Å². The maximum Gasteiger partial charge on any atom is 0.139 e. The van der Waals surface area contributed by atoms with Crippen molar-refractivity contribution in [1.29, 1.82) is 0 Å². The second-order valence-corrected chi connectivity index (χ2v) is 16.5. The molecule has 12 aromatic rings. The molecule has 0 aliphatic heterocycles. The highest BCUT2D eigenvalue weighted by atomic mass is 16.3. The summed E-state index contributed by atoms with van der Waals surface area (Å²) in [6, 6.07) is 91.4. The molecule has 65 heavy (non-hydrogen) atoms. The Hall–Kier alpha value is -8.66. The molecule has 0 bridgehead atoms. The Morgan fingerprint density at radius 2 is 0.785 bits per heavy atom. The van der Waals surface area contributed by atoms with Crippen molar-refractivity contribution in [1.82, 2.24) is 0 Å². The van der Waals surface area contributed by atoms with Crippen LogP contribution in [0.3, 0.4) is 0 Å². The minimum atomic E-state index is 0.800. The lowest BCUT2D eigenvalue weighted by Crippen LogP contribution is -2.15. The van der Waals surface area contributed by atoms with E-state index in [4.69, 9.17) is 4.42 Å². The van der Waals surface area contributed by atoms with E-state index < -0.39 is 0 Å². The van der Waals surface area contributed by atoms with Gasteiger partial charge in [0.05, 0.1) is 28.1 Å². The fraction of sp³-hybridized carbons (Fsp3) is 0. The van der Waals surface area contributed by atoms with Gasteiger partial charge >= 0.3 is 0 Å². The summed E-state index contributed by atoms with van der Waals surface area (Å²) >= 11 is 0. The van der Waals surface area contributed by atoms with Gasteiger partial charge in [-0.1, -0.05) is 194 Å². The first-order valence-corrected chi connectivity index (χ1v) is 22.2. The van der Waals surface area contributed by atoms with Gasteiger partial charge in [0.15, 0.2) is 0 Å². The molecular weight excluding hydrogens is 789 g/mol. The Morgan fingerprint density at radius 3 is 1.52 bits per heavy atom. The molecular formula is C62H42N2O. The SMILES string of the molecule is c1ccc(-c2ccc(N(c3cc(N(c4ccccc4)c4ccccc4-c4cccc5ccccc45)c4c(c3)oc3cc5ccccc5cc34)c3ccccc3-c3ccccc3)cc2)cc1. The van der Waals surface area contributed by atoms with Crippen molar-refractivity contribution in [2.45, 2.75) is 0 Å². The molecule has 12 rings (SSSR count). The minimum absolute atomic E-state index is 0.800. The summed E-state index contributed by atoms with van der Waals surface area (Å²) in [5, 5.41) is 6.82. The molecule has 1 heterocycles. The first kappa shape index (κ1) is 38.0. The van der Waals surface area contributed by atoms with E-state index in [0.717, 1.165) is 89.1 Å². The van der Waals surface area contributed by atoms with Crippen molar-refractivity contribution in [2.75, 3.05) is 9.80 Å². The molecule has 0 atom stereocenters. The highest BCUT2D eigenvalue weighted by Gasteiger charge is 2.26. The number of rotatable bonds is 9. The number of fused-ring (bicyclic) bond motifs is 5. The number of nitrogens with zero attached hydrogens (tertiary/aromatic N) is 2. The van der Waals surface area contributed by atoms with Crippen LogP contribution in [-0.2, 0) is 0 Å². The molecule has 0 saturated carbocycles. The summed E-state index contributed by atoms with van der Waals surface area (Å²) in [5.74, 6) is 0. The first-order chi connectivity index (χ1) is 32.2. The number of hydrogen-bond acceptors (Lipinski definition) is 3. The second-order valence-electron chi connectivity index (χ2n) is 16.5. The minimum Gasteiger partial charge on any atom is -0.456 e. The van der Waals surface area contributed by atoms with Crippen LogP contribution in [0, 0.1) is 0 Å². The summed E-state index contributed by atoms with van der Waals surface area (Å²) in [6.07, 6.45) is 0. The third kappa shape index (κ3) is 6.87. The summed E-state index contributed by atoms with van der Waals surface area (Å²) in [7, 11) is 0. The van der Waals surface area contributed by atoms with Gasteiger partial charge < -0.3 is 14.2 Å². The molecule has 1 aromatic heterocycles. The van der Waals surface area contributed by atoms with Crippen molar-refractivity contribution in [3.63, 3.8) is 0 Å². The number of anilines is 6. The molecule has 306 valence electrons. The quantitative estimate of drug-likeness (QED) is 0.144. The van der Waals surface area contributed by atoms with E-state index in [1.807, 2.05) is 0 Å². The molecule has 0 aliphatic carbocycles. The van der Waals surface area contributed by atoms with Gasteiger partial charge in [0.2, 0.25) is 0 Å². The molecule has 0 aliphatic rings. The highest BCUT2D eigenvalue weighted by molar-refractivity contribution is 6.18. The summed E-state index contributed by atoms with van der Waals surface area (Å²) in [6.45, 7) is 0. The monoisotopic (exact) mass is 830 g/mol. The lowest BCUT2D eigenvalue weighted by Gasteiger charge is -2.32. The zero-order chi connectivity index (χ0) is 43.1. The van der Waals surface area contributed by atoms with E-state index in [9.17, 15) is 0 Å². The zero-order valence-corrected chi connectivity index (χ0v) is 35.6. The highest BCUT2D eigenvalue weighted by Crippen LogP contribution is 2.51. The lowest BCUT2D eigenvalue weighted by atomic mass is 9.95. The Bertz CT molecular complexity index is 3650. The summed E-state index contributed by atoms with van der Waals surface area (Å²) < 4.78 is 7.10. The van der Waals surface area contributed by atoms with Crippen LogP contribution in [0.2, 0.25) is 0 Å². The van der Waals surface area contributed by atoms with Crippen molar-refractivity contribution in [3.8, 4) is 33.4 Å². The molecule has 3 nitrogen and oxygen atoms in total. The van der Waals surface area contributed by atoms with E-state index in [1.54, 1.807) is 0 Å². The third-order valence-electron chi connectivity index (χ3n) is 12.6. The number of hydrogen-bond donors (Lipinski definition) is 0. The van der Waals surface area contributed by atoms with Crippen LogP contribution in [0.4, 0.5) is 34.1 Å². The maximum absolute atomic E-state index is 7.10. The van der Waals surface area contributed by atoms with Crippen LogP contribution < -0.4 is 9.80 Å². The molecule has 0 N–H and O–H groups in total. The molecule has 0 spiro atoms. The predicted molar refractivity (Wildman–Crippen MR) is 274 cm³/mol. The van der Waals surface area contributed by atoms with Crippen LogP contribution in [0.5, 0.6) is 0 Å². The van der Waals surface area contributed by atoms with Gasteiger partial charge in [-0.25, -0.2) is 0 Å². The largest absolute Gasteiger partial charge is 0.456 e. The second kappa shape index (κ2) is 16.2. The average molecular weight is 831 g/mol. The topological polar surface area (TPSA) is 19.6 Å². The van der Waals surface area contributed by atoms with E-state index in [-0.39, 0.29) is 0 Å². The van der Waals surface area contributed by atoms with Gasteiger partial charge in [0, 0.05) is 34.0 Å². The lowest BCUT2D eigenvalue weighted by molar-refractivity contribution is 0.669. The summed E-state index contributed by atoms with van der Waals surface area (Å²) in [4.78, 5) is 4.83. The van der Waals surface area contributed by atoms with E-state index in [1.165, 1.54) is 21.9 Å². The molecule has 0 saturated heterocycles. The molecule has 0 radical (unpaired) electrons. The molecule has 11 aromatic carbocycles. The van der Waals surface area contributed by atoms with Gasteiger partial charge in [-0.15, -0.1) is 0 Å². The van der Waals surface area contributed by atoms with Gasteiger partial charge in [-0.2, -0.15) is 0 Å². The zero-order valence-electron chi connectivity index (χ0n) is 35.6. The van der Waals surface area contributed by atoms with Crippen molar-refractivity contribution in [3.05, 3.63) is 255 Å². The Morgan fingerprint density at radius 1 is 0.262 bits per heavy atom. The van der Waals surface area contributed by atoms with Crippen molar-refractivity contribution in [2.24, 2.45) is 0 Å². The normalized spacial score (nSPS) is 11.4. The van der Waals surface area contributed by atoms with E-state index in [2.05, 4.69) is 265 Å². The smallest absolute Gasteiger partial charge is 0.139 e. The van der Waals surface area contributed by atoms with Crippen LogP contribution in [0.1, 0.15) is 0 Å². The third-order valence-corrected chi connectivity index (χ3v) is 12.6. The van der Waals surface area contributed by atoms with Crippen LogP contribution >= 0.6 is 0 Å². The maximum atomic E-state index is 7.10. The Labute approximate surface area is 378 Å². The van der Waals surface area contributed by atoms with Crippen molar-refractivity contribution < 1.29 is 4.42 Å². The molecule has 0 amide bonds. The van der Waals surface area contributed by atoms with Crippen LogP contribution in [0.15, 0.2) is 259 Å². The number of benzene rings is 11. The fourth-order valence-corrected chi connectivity index (χ4v) is 9.59. The summed E-state index contributed by atoms with van der Waals surface area (Å²) in [5.41, 5.74) is 14.7. The van der Waals surface area contributed by atoms with Crippen LogP contribution in [-0.4, -0.2) is 0 Å². The van der Waals surface area contributed by atoms with Gasteiger partial charge in [-0.3, -0.25) is 0 Å². The number of furan rings is 1. The predicted octanol–water partition coefficient (Wildman–Crippen LogP) is 17.8. The Kier molecular flexibility index (Phi) is 9.50. The standard InChI is InChI=1S/C62H42N2O/c1-4-19-43(20-5-1)44-35-37-50(38-36-44)63(57-33-16-14-30-53(57)46-21-6-2-7-22-46)51-41-59(62-56-39-47-24-10-11-25-48(47)40-60(56)65-61(62)42-51)64(49-27-8-3-9-28-49)58-34-17-15-31-55(58)54-32-18-26-45-23-12-13-29-52(45)54/h1-42H. The molecule has 3 heteroatoms. The molecule has 0 fully saturated rings. The first-order valence-electron chi connectivity index (χ1n) is 22.2. The van der Waals surface area contributed by atoms with Gasteiger partial charge in [-0.05, 0) is 98.4 Å².